The fourth-order valence-corrected chi connectivity index (χ4v) is 5.93. The molecule has 26 heavy (non-hydrogen) atoms. The summed E-state index contributed by atoms with van der Waals surface area (Å²) in [4.78, 5) is 0. The first kappa shape index (κ1) is 14.8. The molecule has 0 aromatic carbocycles. The van der Waals surface area contributed by atoms with E-state index in [9.17, 15) is 15.3 Å². The van der Waals surface area contributed by atoms with Gasteiger partial charge in [0.1, 0.15) is 0 Å². The topological polar surface area (TPSA) is 60.7 Å². The monoisotopic (exact) mass is 374 g/mol. The van der Waals surface area contributed by atoms with Gasteiger partial charge < -0.3 is 15.3 Å². The van der Waals surface area contributed by atoms with Crippen molar-refractivity contribution >= 4 is 0 Å². The quantitative estimate of drug-likeness (QED) is 0.528. The summed E-state index contributed by atoms with van der Waals surface area (Å²) in [5.41, 5.74) is -3.43. The highest BCUT2D eigenvalue weighted by molar-refractivity contribution is 5.02. The molecule has 3 nitrogen and oxygen atoms in total. The zero-order chi connectivity index (χ0) is 24.6. The summed E-state index contributed by atoms with van der Waals surface area (Å²) >= 11 is 0. The van der Waals surface area contributed by atoms with Crippen molar-refractivity contribution in [3.05, 3.63) is 0 Å². The summed E-state index contributed by atoms with van der Waals surface area (Å²) < 4.78 is 45.7. The number of fused-ring (bicyclic) bond motifs is 1. The third-order valence-electron chi connectivity index (χ3n) is 7.21. The smallest absolute Gasteiger partial charge is 0.0591 e. The Labute approximate surface area is 170 Å². The minimum Gasteiger partial charge on any atom is -0.393 e. The van der Waals surface area contributed by atoms with E-state index in [-0.39, 0.29) is 29.8 Å². The van der Waals surface area contributed by atoms with Crippen molar-refractivity contribution in [3.63, 3.8) is 0 Å². The highest BCUT2D eigenvalue weighted by Crippen LogP contribution is 2.59. The molecule has 3 N–H and O–H groups in total. The largest absolute Gasteiger partial charge is 0.393 e. The van der Waals surface area contributed by atoms with Gasteiger partial charge in [-0.15, -0.1) is 0 Å². The lowest BCUT2D eigenvalue weighted by molar-refractivity contribution is -0.0320. The van der Waals surface area contributed by atoms with Gasteiger partial charge >= 0.3 is 0 Å². The van der Waals surface area contributed by atoms with E-state index in [1.54, 1.807) is 13.8 Å². The molecule has 2 fully saturated rings. The maximum absolute atomic E-state index is 10.6. The van der Waals surface area contributed by atoms with E-state index in [2.05, 4.69) is 6.92 Å². The summed E-state index contributed by atoms with van der Waals surface area (Å²) in [5.74, 6) is 0.896. The third-order valence-corrected chi connectivity index (χ3v) is 7.21. The summed E-state index contributed by atoms with van der Waals surface area (Å²) in [5, 5.41) is 31.4. The minimum absolute atomic E-state index is 0.0292. The van der Waals surface area contributed by atoms with Crippen LogP contribution in [0.1, 0.15) is 113 Å². The lowest BCUT2D eigenvalue weighted by Crippen LogP contribution is -2.42. The van der Waals surface area contributed by atoms with Gasteiger partial charge in [0.2, 0.25) is 0 Å². The third kappa shape index (κ3) is 5.94. The molecule has 0 spiro atoms. The second-order valence-corrected chi connectivity index (χ2v) is 9.97. The zero-order valence-electron chi connectivity index (χ0n) is 22.9. The maximum Gasteiger partial charge on any atom is 0.0591 e. The second-order valence-electron chi connectivity index (χ2n) is 9.97. The van der Waals surface area contributed by atoms with Crippen molar-refractivity contribution in [2.45, 2.75) is 122 Å². The minimum atomic E-state index is -2.98. The Morgan fingerprint density at radius 2 is 1.65 bits per heavy atom. The molecule has 0 unspecified atom stereocenters. The van der Waals surface area contributed by atoms with E-state index in [1.165, 1.54) is 0 Å². The predicted molar refractivity (Wildman–Crippen MR) is 108 cm³/mol. The fraction of sp³-hybridized carbons (Fsp3) is 1.00. The molecule has 0 saturated heterocycles. The molecule has 2 aliphatic carbocycles. The van der Waals surface area contributed by atoms with Crippen LogP contribution in [-0.2, 0) is 0 Å². The molecule has 5 atom stereocenters. The van der Waals surface area contributed by atoms with Crippen LogP contribution in [0.5, 0.6) is 0 Å². The van der Waals surface area contributed by atoms with Crippen LogP contribution in [0.4, 0.5) is 0 Å². The molecular weight excluding hydrogens is 324 g/mol. The molecule has 0 heterocycles. The second kappa shape index (κ2) is 8.49. The van der Waals surface area contributed by atoms with Crippen LogP contribution >= 0.6 is 0 Å². The normalized spacial score (nSPS) is 38.3. The molecule has 154 valence electrons. The summed E-state index contributed by atoms with van der Waals surface area (Å²) in [6, 6.07) is 0. The average molecular weight is 375 g/mol. The Kier molecular flexibility index (Phi) is 4.84. The van der Waals surface area contributed by atoms with Gasteiger partial charge in [0.15, 0.2) is 0 Å². The van der Waals surface area contributed by atoms with Crippen molar-refractivity contribution in [2.75, 3.05) is 0 Å². The highest BCUT2D eigenvalue weighted by Gasteiger charge is 2.52. The zero-order valence-corrected chi connectivity index (χ0v) is 16.9. The fourth-order valence-electron chi connectivity index (χ4n) is 5.93. The Morgan fingerprint density at radius 1 is 1.04 bits per heavy atom. The molecule has 0 radical (unpaired) electrons. The van der Waals surface area contributed by atoms with Crippen LogP contribution in [0.3, 0.4) is 0 Å². The van der Waals surface area contributed by atoms with Crippen LogP contribution in [0.25, 0.3) is 0 Å². The van der Waals surface area contributed by atoms with Gasteiger partial charge in [-0.2, -0.15) is 0 Å². The van der Waals surface area contributed by atoms with Gasteiger partial charge in [0.25, 0.3) is 0 Å². The first-order valence-corrected chi connectivity index (χ1v) is 10.6. The summed E-state index contributed by atoms with van der Waals surface area (Å²) in [7, 11) is 0. The molecule has 0 amide bonds. The van der Waals surface area contributed by atoms with Gasteiger partial charge in [0, 0.05) is 8.22 Å². The molecule has 2 saturated carbocycles. The van der Waals surface area contributed by atoms with Crippen LogP contribution < -0.4 is 0 Å². The standard InChI is InChI=1S/C23H44O3/c1-21(2,25)14-6-9-17(10-7-15-22(3,4)26)18-12-13-19-20(24)11-8-16-23(18,19)5/h17-20,24-26H,6-16H2,1-5H3/t18-,19+,20+,23-/m1/s1/i1D3,2D3/t17-,18-,19+,20+,23-. The van der Waals surface area contributed by atoms with Crippen LogP contribution in [0.2, 0.25) is 0 Å². The van der Waals surface area contributed by atoms with Crippen molar-refractivity contribution in [1.29, 1.82) is 0 Å². The van der Waals surface area contributed by atoms with Gasteiger partial charge in [-0.3, -0.25) is 0 Å². The van der Waals surface area contributed by atoms with E-state index in [0.717, 1.165) is 44.9 Å². The Morgan fingerprint density at radius 3 is 2.23 bits per heavy atom. The lowest BCUT2D eigenvalue weighted by atomic mass is 9.60. The van der Waals surface area contributed by atoms with E-state index in [4.69, 9.17) is 8.22 Å². The maximum atomic E-state index is 10.6. The number of hydrogen-bond donors (Lipinski definition) is 3. The lowest BCUT2D eigenvalue weighted by Gasteiger charge is -2.46. The van der Waals surface area contributed by atoms with Gasteiger partial charge in [-0.25, -0.2) is 0 Å². The molecule has 0 aromatic heterocycles. The molecular formula is C23H44O3. The van der Waals surface area contributed by atoms with E-state index in [0.29, 0.717) is 25.2 Å². The van der Waals surface area contributed by atoms with Crippen LogP contribution in [0.15, 0.2) is 0 Å². The van der Waals surface area contributed by atoms with Gasteiger partial charge in [0.05, 0.1) is 17.3 Å². The first-order chi connectivity index (χ1) is 14.4. The number of aliphatic hydroxyl groups is 3. The Balaban J connectivity index is 2.15. The molecule has 0 bridgehead atoms. The molecule has 0 aromatic rings. The molecule has 0 aliphatic heterocycles. The molecule has 2 rings (SSSR count). The van der Waals surface area contributed by atoms with E-state index in [1.807, 2.05) is 0 Å². The summed E-state index contributed by atoms with van der Waals surface area (Å²) in [6.07, 6.45) is 7.66. The highest BCUT2D eigenvalue weighted by atomic mass is 16.3. The van der Waals surface area contributed by atoms with Gasteiger partial charge in [-0.1, -0.05) is 39.0 Å². The van der Waals surface area contributed by atoms with Crippen LogP contribution in [0, 0.1) is 23.2 Å². The van der Waals surface area contributed by atoms with Crippen molar-refractivity contribution < 1.29 is 23.5 Å². The Hall–Kier alpha value is -0.120. The number of rotatable bonds is 9. The van der Waals surface area contributed by atoms with Gasteiger partial charge in [-0.05, 0) is 89.2 Å². The van der Waals surface area contributed by atoms with Crippen molar-refractivity contribution in [3.8, 4) is 0 Å². The first-order valence-electron chi connectivity index (χ1n) is 13.6. The predicted octanol–water partition coefficient (Wildman–Crippen LogP) is 5.06. The van der Waals surface area contributed by atoms with E-state index < -0.39 is 24.9 Å². The average Bonchev–Trinajstić information content (AvgIpc) is 2.95. The number of aliphatic hydroxyl groups excluding tert-OH is 1. The van der Waals surface area contributed by atoms with E-state index >= 15 is 0 Å². The van der Waals surface area contributed by atoms with Crippen molar-refractivity contribution in [1.82, 2.24) is 0 Å². The molecule has 2 aliphatic rings. The number of hydrogen-bond acceptors (Lipinski definition) is 3. The SMILES string of the molecule is [2H]C([2H])([2H])C(O)(CCC[C@H](CCCC(C)(C)O)[C@H]1CC[C@H]2[C@@H](O)CCC[C@]12C)C([2H])([2H])[2H]. The molecule has 3 heteroatoms. The Bertz CT molecular complexity index is 598. The van der Waals surface area contributed by atoms with Crippen molar-refractivity contribution in [2.24, 2.45) is 23.2 Å². The van der Waals surface area contributed by atoms with Crippen LogP contribution in [-0.4, -0.2) is 32.6 Å². The summed E-state index contributed by atoms with van der Waals surface area (Å²) in [6.45, 7) is -0.0978.